The molecule has 2 aliphatic rings. The van der Waals surface area contributed by atoms with Gasteiger partial charge < -0.3 is 5.73 Å². The second kappa shape index (κ2) is 3.34. The lowest BCUT2D eigenvalue weighted by atomic mass is 9.96. The minimum Gasteiger partial charge on any atom is -0.330 e. The third kappa shape index (κ3) is 1.41. The van der Waals surface area contributed by atoms with E-state index in [1.54, 1.807) is 5.56 Å². The molecular formula is C12H19N3. The lowest BCUT2D eigenvalue weighted by Gasteiger charge is -2.09. The van der Waals surface area contributed by atoms with Crippen molar-refractivity contribution >= 4 is 0 Å². The highest BCUT2D eigenvalue weighted by molar-refractivity contribution is 5.38. The smallest absolute Gasteiger partial charge is 0.0693 e. The molecule has 82 valence electrons. The van der Waals surface area contributed by atoms with Crippen molar-refractivity contribution < 1.29 is 0 Å². The second-order valence-electron chi connectivity index (χ2n) is 4.96. The molecule has 15 heavy (non-hydrogen) atoms. The van der Waals surface area contributed by atoms with Gasteiger partial charge in [0.1, 0.15) is 0 Å². The number of aromatic nitrogens is 2. The van der Waals surface area contributed by atoms with Crippen molar-refractivity contribution in [1.29, 1.82) is 0 Å². The summed E-state index contributed by atoms with van der Waals surface area (Å²) in [6, 6.07) is 0. The number of nitrogens with zero attached hydrogens (tertiary/aromatic N) is 2. The first-order chi connectivity index (χ1) is 7.31. The number of hydrogen-bond donors (Lipinski definition) is 1. The molecule has 0 saturated heterocycles. The summed E-state index contributed by atoms with van der Waals surface area (Å²) in [6.07, 6.45) is 6.32. The maximum atomic E-state index is 5.69. The predicted octanol–water partition coefficient (Wildman–Crippen LogP) is 1.68. The zero-order valence-corrected chi connectivity index (χ0v) is 9.37. The Morgan fingerprint density at radius 2 is 2.20 bits per heavy atom. The van der Waals surface area contributed by atoms with Gasteiger partial charge in [-0.05, 0) is 50.1 Å². The van der Waals surface area contributed by atoms with Crippen molar-refractivity contribution in [1.82, 2.24) is 9.78 Å². The van der Waals surface area contributed by atoms with E-state index in [4.69, 9.17) is 10.8 Å². The fourth-order valence-electron chi connectivity index (χ4n) is 2.94. The summed E-state index contributed by atoms with van der Waals surface area (Å²) in [5, 5.41) is 4.70. The van der Waals surface area contributed by atoms with E-state index in [0.29, 0.717) is 5.92 Å². The van der Waals surface area contributed by atoms with Gasteiger partial charge in [0.2, 0.25) is 0 Å². The number of hydrogen-bond acceptors (Lipinski definition) is 2. The number of nitrogens with two attached hydrogens (primary N) is 1. The first kappa shape index (κ1) is 9.40. The Hall–Kier alpha value is -0.830. The van der Waals surface area contributed by atoms with Gasteiger partial charge in [-0.1, -0.05) is 0 Å². The van der Waals surface area contributed by atoms with Crippen molar-refractivity contribution in [2.75, 3.05) is 6.54 Å². The number of rotatable bonds is 3. The average molecular weight is 205 g/mol. The predicted molar refractivity (Wildman–Crippen MR) is 59.9 cm³/mol. The molecule has 3 nitrogen and oxygen atoms in total. The van der Waals surface area contributed by atoms with Crippen LogP contribution in [0.15, 0.2) is 0 Å². The summed E-state index contributed by atoms with van der Waals surface area (Å²) in [5.74, 6) is 1.48. The molecule has 1 unspecified atom stereocenters. The molecule has 1 heterocycles. The van der Waals surface area contributed by atoms with E-state index in [-0.39, 0.29) is 0 Å². The Morgan fingerprint density at radius 3 is 2.87 bits per heavy atom. The topological polar surface area (TPSA) is 43.8 Å². The van der Waals surface area contributed by atoms with Gasteiger partial charge >= 0.3 is 0 Å². The van der Waals surface area contributed by atoms with E-state index in [0.717, 1.165) is 18.9 Å². The van der Waals surface area contributed by atoms with Crippen molar-refractivity contribution in [3.63, 3.8) is 0 Å². The molecule has 3 heteroatoms. The average Bonchev–Trinajstić information content (AvgIpc) is 2.89. The van der Waals surface area contributed by atoms with Crippen LogP contribution < -0.4 is 5.73 Å². The molecule has 2 N–H and O–H groups in total. The minimum absolute atomic E-state index is 0.703. The van der Waals surface area contributed by atoms with Gasteiger partial charge in [-0.25, -0.2) is 0 Å². The van der Waals surface area contributed by atoms with Crippen LogP contribution in [0.25, 0.3) is 0 Å². The molecular weight excluding hydrogens is 186 g/mol. The van der Waals surface area contributed by atoms with Crippen LogP contribution in [0.5, 0.6) is 0 Å². The Labute approximate surface area is 90.7 Å². The first-order valence-corrected chi connectivity index (χ1v) is 6.07. The van der Waals surface area contributed by atoms with Crippen molar-refractivity contribution in [3.05, 3.63) is 17.0 Å². The summed E-state index contributed by atoms with van der Waals surface area (Å²) < 4.78 is 2.11. The van der Waals surface area contributed by atoms with Crippen molar-refractivity contribution in [2.24, 2.45) is 12.8 Å². The molecule has 0 amide bonds. The molecule has 2 aliphatic carbocycles. The van der Waals surface area contributed by atoms with Crippen LogP contribution in [0, 0.1) is 0 Å². The Balaban J connectivity index is 2.00. The molecule has 1 aromatic rings. The molecule has 0 aromatic carbocycles. The van der Waals surface area contributed by atoms with Crippen LogP contribution in [0.2, 0.25) is 0 Å². The van der Waals surface area contributed by atoms with Crippen LogP contribution in [-0.4, -0.2) is 16.3 Å². The minimum atomic E-state index is 0.703. The maximum Gasteiger partial charge on any atom is 0.0693 e. The molecule has 1 fully saturated rings. The zero-order valence-electron chi connectivity index (χ0n) is 9.37. The van der Waals surface area contributed by atoms with Crippen molar-refractivity contribution in [3.8, 4) is 0 Å². The summed E-state index contributed by atoms with van der Waals surface area (Å²) in [7, 11) is 2.09. The van der Waals surface area contributed by atoms with Crippen LogP contribution in [0.3, 0.4) is 0 Å². The zero-order chi connectivity index (χ0) is 10.4. The fourth-order valence-corrected chi connectivity index (χ4v) is 2.94. The summed E-state index contributed by atoms with van der Waals surface area (Å²) in [5.41, 5.74) is 10.1. The third-order valence-corrected chi connectivity index (χ3v) is 3.85. The van der Waals surface area contributed by atoms with Gasteiger partial charge in [0.25, 0.3) is 0 Å². The lowest BCUT2D eigenvalue weighted by molar-refractivity contribution is 0.605. The molecule has 1 aromatic heterocycles. The molecule has 0 bridgehead atoms. The second-order valence-corrected chi connectivity index (χ2v) is 4.96. The Kier molecular flexibility index (Phi) is 2.09. The molecule has 0 radical (unpaired) electrons. The Bertz CT molecular complexity index is 376. The largest absolute Gasteiger partial charge is 0.330 e. The van der Waals surface area contributed by atoms with E-state index in [1.807, 2.05) is 0 Å². The highest BCUT2D eigenvalue weighted by atomic mass is 15.3. The lowest BCUT2D eigenvalue weighted by Crippen LogP contribution is -2.06. The summed E-state index contributed by atoms with van der Waals surface area (Å²) in [6.45, 7) is 0.809. The molecule has 3 rings (SSSR count). The van der Waals surface area contributed by atoms with Crippen LogP contribution >= 0.6 is 0 Å². The SMILES string of the molecule is Cn1nc(C2CC2)c2c1CCC2CCN. The van der Waals surface area contributed by atoms with E-state index in [2.05, 4.69) is 11.7 Å². The number of aryl methyl sites for hydroxylation is 1. The highest BCUT2D eigenvalue weighted by Gasteiger charge is 2.36. The third-order valence-electron chi connectivity index (χ3n) is 3.85. The van der Waals surface area contributed by atoms with Crippen LogP contribution in [-0.2, 0) is 13.5 Å². The molecule has 0 spiro atoms. The van der Waals surface area contributed by atoms with Gasteiger partial charge in [0.15, 0.2) is 0 Å². The number of fused-ring (bicyclic) bond motifs is 1. The summed E-state index contributed by atoms with van der Waals surface area (Å²) in [4.78, 5) is 0. The van der Waals surface area contributed by atoms with Crippen LogP contribution in [0.4, 0.5) is 0 Å². The molecule has 0 aliphatic heterocycles. The Morgan fingerprint density at radius 1 is 1.40 bits per heavy atom. The normalized spacial score (nSPS) is 24.5. The highest BCUT2D eigenvalue weighted by Crippen LogP contribution is 2.47. The van der Waals surface area contributed by atoms with E-state index in [9.17, 15) is 0 Å². The van der Waals surface area contributed by atoms with E-state index in [1.165, 1.54) is 37.1 Å². The molecule has 1 atom stereocenters. The monoisotopic (exact) mass is 205 g/mol. The quantitative estimate of drug-likeness (QED) is 0.816. The first-order valence-electron chi connectivity index (χ1n) is 6.07. The van der Waals surface area contributed by atoms with Gasteiger partial charge in [-0.2, -0.15) is 5.10 Å². The van der Waals surface area contributed by atoms with Gasteiger partial charge in [-0.3, -0.25) is 4.68 Å². The van der Waals surface area contributed by atoms with Gasteiger partial charge in [0.05, 0.1) is 5.69 Å². The van der Waals surface area contributed by atoms with Gasteiger partial charge in [-0.15, -0.1) is 0 Å². The van der Waals surface area contributed by atoms with E-state index >= 15 is 0 Å². The fraction of sp³-hybridized carbons (Fsp3) is 0.750. The van der Waals surface area contributed by atoms with E-state index < -0.39 is 0 Å². The van der Waals surface area contributed by atoms with Gasteiger partial charge in [0, 0.05) is 18.7 Å². The maximum absolute atomic E-state index is 5.69. The van der Waals surface area contributed by atoms with Crippen molar-refractivity contribution in [2.45, 2.75) is 43.9 Å². The molecule has 1 saturated carbocycles. The van der Waals surface area contributed by atoms with Crippen LogP contribution in [0.1, 0.15) is 54.5 Å². The standard InChI is InChI=1S/C12H19N3/c1-15-10-5-4-8(6-7-13)11(10)12(14-15)9-2-3-9/h8-9H,2-7,13H2,1H3. The summed E-state index contributed by atoms with van der Waals surface area (Å²) >= 11 is 0.